The molecule has 0 atom stereocenters. The fourth-order valence-corrected chi connectivity index (χ4v) is 2.12. The average Bonchev–Trinajstić information content (AvgIpc) is 2.95. The van der Waals surface area contributed by atoms with Gasteiger partial charge in [0.1, 0.15) is 5.82 Å². The van der Waals surface area contributed by atoms with Gasteiger partial charge in [-0.25, -0.2) is 4.39 Å². The highest BCUT2D eigenvalue weighted by Gasteiger charge is 2.12. The van der Waals surface area contributed by atoms with Crippen LogP contribution in [0.4, 0.5) is 10.3 Å². The minimum atomic E-state index is -0.412. The summed E-state index contributed by atoms with van der Waals surface area (Å²) in [6.45, 7) is 1.93. The number of hydrogen-bond donors (Lipinski definition) is 2. The standard InChI is InChI=1S/C16H14FN5O/c1-10-6-7-18-11(8-10)9-14(23)19-16-20-15(21-22-16)12-4-2-3-5-13(12)17/h2-8H,9H2,1H3,(H2,19,20,21,22,23). The second-order valence-corrected chi connectivity index (χ2v) is 5.04. The van der Waals surface area contributed by atoms with Crippen LogP contribution in [-0.4, -0.2) is 26.1 Å². The zero-order valence-corrected chi connectivity index (χ0v) is 12.4. The number of rotatable bonds is 4. The molecule has 116 valence electrons. The number of nitrogens with zero attached hydrogens (tertiary/aromatic N) is 3. The predicted molar refractivity (Wildman–Crippen MR) is 83.1 cm³/mol. The van der Waals surface area contributed by atoms with Crippen molar-refractivity contribution in [3.05, 3.63) is 59.7 Å². The van der Waals surface area contributed by atoms with Gasteiger partial charge >= 0.3 is 0 Å². The number of aromatic amines is 1. The van der Waals surface area contributed by atoms with E-state index in [2.05, 4.69) is 25.5 Å². The quantitative estimate of drug-likeness (QED) is 0.775. The van der Waals surface area contributed by atoms with Crippen molar-refractivity contribution in [1.82, 2.24) is 20.2 Å². The van der Waals surface area contributed by atoms with Crippen LogP contribution in [0.25, 0.3) is 11.4 Å². The molecular formula is C16H14FN5O. The molecule has 3 aromatic rings. The largest absolute Gasteiger partial charge is 0.293 e. The summed E-state index contributed by atoms with van der Waals surface area (Å²) in [5, 5.41) is 9.05. The van der Waals surface area contributed by atoms with E-state index >= 15 is 0 Å². The Morgan fingerprint density at radius 3 is 2.91 bits per heavy atom. The van der Waals surface area contributed by atoms with Gasteiger partial charge in [-0.05, 0) is 36.8 Å². The third-order valence-corrected chi connectivity index (χ3v) is 3.18. The number of pyridine rings is 1. The maximum Gasteiger partial charge on any atom is 0.249 e. The molecule has 0 bridgehead atoms. The number of carbonyl (C=O) groups is 1. The van der Waals surface area contributed by atoms with E-state index in [1.165, 1.54) is 6.07 Å². The van der Waals surface area contributed by atoms with Gasteiger partial charge in [-0.15, -0.1) is 5.10 Å². The Kier molecular flexibility index (Phi) is 4.09. The lowest BCUT2D eigenvalue weighted by Gasteiger charge is -2.01. The molecule has 0 spiro atoms. The molecule has 6 nitrogen and oxygen atoms in total. The first-order chi connectivity index (χ1) is 11.1. The highest BCUT2D eigenvalue weighted by molar-refractivity contribution is 5.90. The van der Waals surface area contributed by atoms with E-state index < -0.39 is 5.82 Å². The minimum Gasteiger partial charge on any atom is -0.293 e. The highest BCUT2D eigenvalue weighted by atomic mass is 19.1. The van der Waals surface area contributed by atoms with Gasteiger partial charge < -0.3 is 0 Å². The number of halogens is 1. The molecule has 2 aromatic heterocycles. The van der Waals surface area contributed by atoms with Crippen LogP contribution in [0.3, 0.4) is 0 Å². The number of anilines is 1. The maximum atomic E-state index is 13.7. The number of H-pyrrole nitrogens is 1. The number of aromatic nitrogens is 4. The number of benzene rings is 1. The molecule has 2 N–H and O–H groups in total. The van der Waals surface area contributed by atoms with E-state index in [1.807, 2.05) is 19.1 Å². The van der Waals surface area contributed by atoms with Gasteiger partial charge in [-0.2, -0.15) is 4.98 Å². The van der Waals surface area contributed by atoms with E-state index in [0.29, 0.717) is 11.3 Å². The Morgan fingerprint density at radius 1 is 1.30 bits per heavy atom. The molecule has 0 radical (unpaired) electrons. The first-order valence-corrected chi connectivity index (χ1v) is 7.00. The molecule has 0 aliphatic carbocycles. The van der Waals surface area contributed by atoms with Gasteiger partial charge in [-0.3, -0.25) is 20.2 Å². The van der Waals surface area contributed by atoms with Crippen LogP contribution < -0.4 is 5.32 Å². The second-order valence-electron chi connectivity index (χ2n) is 5.04. The molecule has 0 saturated carbocycles. The monoisotopic (exact) mass is 311 g/mol. The summed E-state index contributed by atoms with van der Waals surface area (Å²) >= 11 is 0. The number of carbonyl (C=O) groups excluding carboxylic acids is 1. The Balaban J connectivity index is 1.69. The molecule has 3 rings (SSSR count). The van der Waals surface area contributed by atoms with Crippen molar-refractivity contribution in [3.8, 4) is 11.4 Å². The van der Waals surface area contributed by atoms with Crippen molar-refractivity contribution in [2.75, 3.05) is 5.32 Å². The van der Waals surface area contributed by atoms with E-state index in [0.717, 1.165) is 5.56 Å². The van der Waals surface area contributed by atoms with Gasteiger partial charge in [0.2, 0.25) is 11.9 Å². The fraction of sp³-hybridized carbons (Fsp3) is 0.125. The van der Waals surface area contributed by atoms with Crippen LogP contribution in [0, 0.1) is 12.7 Å². The molecule has 1 amide bonds. The van der Waals surface area contributed by atoms with Crippen molar-refractivity contribution in [3.63, 3.8) is 0 Å². The number of amides is 1. The molecule has 23 heavy (non-hydrogen) atoms. The van der Waals surface area contributed by atoms with Crippen molar-refractivity contribution >= 4 is 11.9 Å². The molecule has 0 fully saturated rings. The zero-order valence-electron chi connectivity index (χ0n) is 12.4. The van der Waals surface area contributed by atoms with E-state index in [1.54, 1.807) is 24.4 Å². The molecule has 0 aliphatic rings. The summed E-state index contributed by atoms with van der Waals surface area (Å²) in [6.07, 6.45) is 1.77. The second kappa shape index (κ2) is 6.35. The van der Waals surface area contributed by atoms with Crippen molar-refractivity contribution in [1.29, 1.82) is 0 Å². The first-order valence-electron chi connectivity index (χ1n) is 7.00. The summed E-state index contributed by atoms with van der Waals surface area (Å²) in [4.78, 5) is 20.2. The average molecular weight is 311 g/mol. The van der Waals surface area contributed by atoms with Crippen molar-refractivity contribution in [2.45, 2.75) is 13.3 Å². The number of hydrogen-bond acceptors (Lipinski definition) is 4. The maximum absolute atomic E-state index is 13.7. The minimum absolute atomic E-state index is 0.0981. The molecule has 0 saturated heterocycles. The summed E-state index contributed by atoms with van der Waals surface area (Å²) in [5.41, 5.74) is 1.98. The molecule has 7 heteroatoms. The Morgan fingerprint density at radius 2 is 2.13 bits per heavy atom. The Labute approximate surface area is 131 Å². The molecule has 0 unspecified atom stereocenters. The van der Waals surface area contributed by atoms with Gasteiger partial charge in [0.15, 0.2) is 5.82 Å². The number of aryl methyl sites for hydroxylation is 1. The SMILES string of the molecule is Cc1ccnc(CC(=O)Nc2n[nH]c(-c3ccccc3F)n2)c1. The van der Waals surface area contributed by atoms with Crippen LogP contribution in [0.2, 0.25) is 0 Å². The van der Waals surface area contributed by atoms with E-state index in [-0.39, 0.29) is 24.1 Å². The Hall–Kier alpha value is -3.09. The van der Waals surface area contributed by atoms with Crippen molar-refractivity contribution < 1.29 is 9.18 Å². The summed E-state index contributed by atoms with van der Waals surface area (Å²) in [6, 6.07) is 9.90. The van der Waals surface area contributed by atoms with Gasteiger partial charge in [-0.1, -0.05) is 12.1 Å². The van der Waals surface area contributed by atoms with E-state index in [9.17, 15) is 9.18 Å². The lowest BCUT2D eigenvalue weighted by atomic mass is 10.2. The van der Waals surface area contributed by atoms with Crippen LogP contribution in [-0.2, 0) is 11.2 Å². The van der Waals surface area contributed by atoms with Gasteiger partial charge in [0, 0.05) is 11.9 Å². The fourth-order valence-electron chi connectivity index (χ4n) is 2.12. The number of nitrogens with one attached hydrogen (secondary N) is 2. The third-order valence-electron chi connectivity index (χ3n) is 3.18. The van der Waals surface area contributed by atoms with Gasteiger partial charge in [0.25, 0.3) is 0 Å². The summed E-state index contributed by atoms with van der Waals surface area (Å²) in [7, 11) is 0. The lowest BCUT2D eigenvalue weighted by Crippen LogP contribution is -2.16. The molecular weight excluding hydrogens is 297 g/mol. The van der Waals surface area contributed by atoms with Gasteiger partial charge in [0.05, 0.1) is 12.0 Å². The zero-order chi connectivity index (χ0) is 16.2. The molecule has 1 aromatic carbocycles. The van der Waals surface area contributed by atoms with Crippen molar-refractivity contribution in [2.24, 2.45) is 0 Å². The van der Waals surface area contributed by atoms with Crippen LogP contribution >= 0.6 is 0 Å². The Bertz CT molecular complexity index is 846. The third kappa shape index (κ3) is 3.57. The lowest BCUT2D eigenvalue weighted by molar-refractivity contribution is -0.115. The first kappa shape index (κ1) is 14.8. The van der Waals surface area contributed by atoms with E-state index in [4.69, 9.17) is 0 Å². The summed E-state index contributed by atoms with van der Waals surface area (Å²) in [5.74, 6) is -0.347. The molecule has 2 heterocycles. The highest BCUT2D eigenvalue weighted by Crippen LogP contribution is 2.19. The molecule has 0 aliphatic heterocycles. The predicted octanol–water partition coefficient (Wildman–Crippen LogP) is 2.50. The van der Waals surface area contributed by atoms with Crippen LogP contribution in [0.15, 0.2) is 42.6 Å². The topological polar surface area (TPSA) is 83.6 Å². The summed E-state index contributed by atoms with van der Waals surface area (Å²) < 4.78 is 13.7. The normalized spacial score (nSPS) is 10.5. The smallest absolute Gasteiger partial charge is 0.249 e. The van der Waals surface area contributed by atoms with Crippen LogP contribution in [0.5, 0.6) is 0 Å². The van der Waals surface area contributed by atoms with Crippen LogP contribution in [0.1, 0.15) is 11.3 Å².